The Morgan fingerprint density at radius 2 is 2.10 bits per heavy atom. The van der Waals surface area contributed by atoms with E-state index in [0.29, 0.717) is 5.92 Å². The van der Waals surface area contributed by atoms with Gasteiger partial charge in [0.15, 0.2) is 0 Å². The Bertz CT molecular complexity index is 563. The molecule has 0 aliphatic carbocycles. The largest absolute Gasteiger partial charge is 0.346 e. The van der Waals surface area contributed by atoms with Crippen molar-refractivity contribution in [2.24, 2.45) is 5.92 Å². The summed E-state index contributed by atoms with van der Waals surface area (Å²) in [6.07, 6.45) is 2.06. The summed E-state index contributed by atoms with van der Waals surface area (Å²) < 4.78 is 16.1. The summed E-state index contributed by atoms with van der Waals surface area (Å²) >= 11 is 3.42. The number of hydrogen-bond acceptors (Lipinski definition) is 1. The molecule has 0 unspecified atom stereocenters. The molecule has 0 radical (unpaired) electrons. The van der Waals surface area contributed by atoms with E-state index in [0.717, 1.165) is 29.7 Å². The number of hydrogen-bond donors (Lipinski definition) is 1. The molecule has 0 atom stereocenters. The molecule has 2 nitrogen and oxygen atoms in total. The van der Waals surface area contributed by atoms with Crippen molar-refractivity contribution >= 4 is 15.9 Å². The predicted molar refractivity (Wildman–Crippen MR) is 84.2 cm³/mol. The molecule has 4 heteroatoms. The average molecular weight is 339 g/mol. The highest BCUT2D eigenvalue weighted by molar-refractivity contribution is 9.10. The number of nitrogens with one attached hydrogen (secondary N) is 1. The van der Waals surface area contributed by atoms with Crippen LogP contribution in [-0.2, 0) is 13.1 Å². The number of rotatable bonds is 6. The topological polar surface area (TPSA) is 17.0 Å². The summed E-state index contributed by atoms with van der Waals surface area (Å²) in [4.78, 5) is 0. The van der Waals surface area contributed by atoms with Crippen LogP contribution in [0.5, 0.6) is 0 Å². The zero-order valence-electron chi connectivity index (χ0n) is 11.9. The van der Waals surface area contributed by atoms with Gasteiger partial charge in [0.05, 0.1) is 0 Å². The van der Waals surface area contributed by atoms with Crippen molar-refractivity contribution < 1.29 is 4.39 Å². The quantitative estimate of drug-likeness (QED) is 0.835. The lowest BCUT2D eigenvalue weighted by atomic mass is 10.2. The van der Waals surface area contributed by atoms with Crippen LogP contribution in [0.3, 0.4) is 0 Å². The van der Waals surface area contributed by atoms with Gasteiger partial charge in [-0.15, -0.1) is 0 Å². The molecule has 108 valence electrons. The van der Waals surface area contributed by atoms with Crippen molar-refractivity contribution in [3.63, 3.8) is 0 Å². The maximum Gasteiger partial charge on any atom is 0.124 e. The summed E-state index contributed by atoms with van der Waals surface area (Å²) in [5.41, 5.74) is 2.31. The number of aromatic nitrogens is 1. The minimum Gasteiger partial charge on any atom is -0.346 e. The fourth-order valence-electron chi connectivity index (χ4n) is 2.09. The number of halogens is 2. The van der Waals surface area contributed by atoms with Gasteiger partial charge in [0.2, 0.25) is 0 Å². The third kappa shape index (κ3) is 4.18. The van der Waals surface area contributed by atoms with Crippen LogP contribution in [-0.4, -0.2) is 11.1 Å². The molecule has 1 aromatic heterocycles. The highest BCUT2D eigenvalue weighted by Crippen LogP contribution is 2.20. The van der Waals surface area contributed by atoms with E-state index < -0.39 is 0 Å². The molecule has 0 fully saturated rings. The molecule has 0 amide bonds. The summed E-state index contributed by atoms with van der Waals surface area (Å²) in [6, 6.07) is 9.00. The number of benzene rings is 1. The van der Waals surface area contributed by atoms with Crippen molar-refractivity contribution in [2.75, 3.05) is 6.54 Å². The Morgan fingerprint density at radius 1 is 1.30 bits per heavy atom. The van der Waals surface area contributed by atoms with Crippen LogP contribution in [0.2, 0.25) is 0 Å². The third-order valence-corrected chi connectivity index (χ3v) is 3.88. The first-order valence-corrected chi connectivity index (χ1v) is 7.64. The maximum absolute atomic E-state index is 13.1. The second-order valence-electron chi connectivity index (χ2n) is 5.39. The minimum atomic E-state index is -0.216. The highest BCUT2D eigenvalue weighted by Gasteiger charge is 2.06. The molecule has 0 aliphatic heterocycles. The second-order valence-corrected chi connectivity index (χ2v) is 6.24. The summed E-state index contributed by atoms with van der Waals surface area (Å²) in [7, 11) is 0. The molecule has 2 aromatic rings. The van der Waals surface area contributed by atoms with Gasteiger partial charge < -0.3 is 9.88 Å². The van der Waals surface area contributed by atoms with Gasteiger partial charge in [0.1, 0.15) is 5.82 Å². The first-order chi connectivity index (χ1) is 9.56. The molecule has 20 heavy (non-hydrogen) atoms. The molecule has 0 saturated heterocycles. The molecule has 0 bridgehead atoms. The lowest BCUT2D eigenvalue weighted by molar-refractivity contribution is 0.539. The Hall–Kier alpha value is -1.13. The monoisotopic (exact) mass is 338 g/mol. The van der Waals surface area contributed by atoms with E-state index in [4.69, 9.17) is 0 Å². The minimum absolute atomic E-state index is 0.216. The van der Waals surface area contributed by atoms with Gasteiger partial charge in [0, 0.05) is 29.5 Å². The molecule has 0 aliphatic rings. The van der Waals surface area contributed by atoms with E-state index >= 15 is 0 Å². The van der Waals surface area contributed by atoms with Crippen LogP contribution >= 0.6 is 15.9 Å². The van der Waals surface area contributed by atoms with E-state index in [9.17, 15) is 4.39 Å². The Kier molecular flexibility index (Phi) is 5.38. The van der Waals surface area contributed by atoms with E-state index in [1.165, 1.54) is 17.8 Å². The molecular formula is C16H20BrFN2. The maximum atomic E-state index is 13.1. The van der Waals surface area contributed by atoms with Crippen molar-refractivity contribution in [3.8, 4) is 0 Å². The van der Waals surface area contributed by atoms with E-state index in [1.54, 1.807) is 0 Å². The second kappa shape index (κ2) is 7.04. The van der Waals surface area contributed by atoms with Gasteiger partial charge in [0.25, 0.3) is 0 Å². The molecule has 0 saturated carbocycles. The Labute approximate surface area is 128 Å². The van der Waals surface area contributed by atoms with Crippen LogP contribution in [0.15, 0.2) is 41.0 Å². The van der Waals surface area contributed by atoms with Gasteiger partial charge >= 0.3 is 0 Å². The van der Waals surface area contributed by atoms with Gasteiger partial charge in [-0.3, -0.25) is 0 Å². The summed E-state index contributed by atoms with van der Waals surface area (Å²) in [5.74, 6) is 0.427. The molecule has 1 N–H and O–H groups in total. The van der Waals surface area contributed by atoms with Gasteiger partial charge in [-0.25, -0.2) is 4.39 Å². The first-order valence-electron chi connectivity index (χ1n) is 6.85. The molecule has 0 spiro atoms. The zero-order valence-corrected chi connectivity index (χ0v) is 13.5. The lowest BCUT2D eigenvalue weighted by Gasteiger charge is -2.12. The van der Waals surface area contributed by atoms with Crippen molar-refractivity contribution in [1.29, 1.82) is 0 Å². The highest BCUT2D eigenvalue weighted by atomic mass is 79.9. The SMILES string of the molecule is CC(C)CNCc1cccn1Cc1ccc(F)cc1Br. The van der Waals surface area contributed by atoms with E-state index in [1.807, 2.05) is 12.1 Å². The van der Waals surface area contributed by atoms with Crippen molar-refractivity contribution in [3.05, 3.63) is 58.1 Å². The standard InChI is InChI=1S/C16H20BrFN2/c1-12(2)9-19-10-15-4-3-7-20(15)11-13-5-6-14(18)8-16(13)17/h3-8,12,19H,9-11H2,1-2H3. The van der Waals surface area contributed by atoms with E-state index in [-0.39, 0.29) is 5.82 Å². The fraction of sp³-hybridized carbons (Fsp3) is 0.375. The average Bonchev–Trinajstić information content (AvgIpc) is 2.80. The smallest absolute Gasteiger partial charge is 0.124 e. The zero-order chi connectivity index (χ0) is 14.5. The van der Waals surface area contributed by atoms with Crippen LogP contribution in [0.1, 0.15) is 25.1 Å². The Morgan fingerprint density at radius 3 is 2.80 bits per heavy atom. The number of nitrogens with zero attached hydrogens (tertiary/aromatic N) is 1. The normalized spacial score (nSPS) is 11.2. The van der Waals surface area contributed by atoms with Crippen LogP contribution in [0.25, 0.3) is 0 Å². The molecule has 1 heterocycles. The Balaban J connectivity index is 2.04. The van der Waals surface area contributed by atoms with Crippen LogP contribution in [0.4, 0.5) is 4.39 Å². The summed E-state index contributed by atoms with van der Waals surface area (Å²) in [6.45, 7) is 6.99. The molecule has 1 aromatic carbocycles. The van der Waals surface area contributed by atoms with Gasteiger partial charge in [-0.1, -0.05) is 35.8 Å². The summed E-state index contributed by atoms with van der Waals surface area (Å²) in [5, 5.41) is 3.44. The van der Waals surface area contributed by atoms with Crippen molar-refractivity contribution in [1.82, 2.24) is 9.88 Å². The van der Waals surface area contributed by atoms with Crippen LogP contribution in [0, 0.1) is 11.7 Å². The molecular weight excluding hydrogens is 319 g/mol. The predicted octanol–water partition coefficient (Wildman–Crippen LogP) is 4.18. The van der Waals surface area contributed by atoms with Gasteiger partial charge in [-0.05, 0) is 42.3 Å². The first kappa shape index (κ1) is 15.3. The van der Waals surface area contributed by atoms with Gasteiger partial charge in [-0.2, -0.15) is 0 Å². The van der Waals surface area contributed by atoms with Crippen LogP contribution < -0.4 is 5.32 Å². The fourth-order valence-corrected chi connectivity index (χ4v) is 2.56. The lowest BCUT2D eigenvalue weighted by Crippen LogP contribution is -2.21. The third-order valence-electron chi connectivity index (χ3n) is 3.14. The molecule has 2 rings (SSSR count). The van der Waals surface area contributed by atoms with Crippen molar-refractivity contribution in [2.45, 2.75) is 26.9 Å². The van der Waals surface area contributed by atoms with E-state index in [2.05, 4.69) is 51.9 Å².